The fourth-order valence-corrected chi connectivity index (χ4v) is 2.91. The first-order chi connectivity index (χ1) is 10.5. The fraction of sp³-hybridized carbons (Fsp3) is 0.412. The van der Waals surface area contributed by atoms with E-state index in [0.717, 1.165) is 23.4 Å². The van der Waals surface area contributed by atoms with E-state index in [9.17, 15) is 4.79 Å². The molecule has 1 heterocycles. The van der Waals surface area contributed by atoms with Gasteiger partial charge in [0, 0.05) is 30.4 Å². The molecule has 1 aromatic carbocycles. The van der Waals surface area contributed by atoms with Crippen molar-refractivity contribution in [2.45, 2.75) is 45.1 Å². The van der Waals surface area contributed by atoms with E-state index in [1.165, 1.54) is 0 Å². The molecule has 1 saturated carbocycles. The summed E-state index contributed by atoms with van der Waals surface area (Å²) in [7, 11) is 0. The lowest BCUT2D eigenvalue weighted by molar-refractivity contribution is -0.117. The van der Waals surface area contributed by atoms with Gasteiger partial charge in [0.1, 0.15) is 23.0 Å². The van der Waals surface area contributed by atoms with Crippen LogP contribution in [0.15, 0.2) is 28.8 Å². The number of ketones is 1. The first-order valence-electron chi connectivity index (χ1n) is 7.48. The third kappa shape index (κ3) is 3.17. The van der Waals surface area contributed by atoms with Crippen molar-refractivity contribution >= 4 is 17.4 Å². The zero-order valence-electron chi connectivity index (χ0n) is 12.6. The number of nitrogens with zero attached hydrogens (tertiary/aromatic N) is 1. The molecule has 1 aliphatic rings. The quantitative estimate of drug-likeness (QED) is 0.825. The molecule has 1 fully saturated rings. The minimum atomic E-state index is 0.0712. The highest BCUT2D eigenvalue weighted by molar-refractivity contribution is 6.32. The van der Waals surface area contributed by atoms with Gasteiger partial charge < -0.3 is 9.26 Å². The second kappa shape index (κ2) is 6.13. The Balaban J connectivity index is 1.81. The molecule has 1 atom stereocenters. The molecule has 5 heteroatoms. The first kappa shape index (κ1) is 15.1. The summed E-state index contributed by atoms with van der Waals surface area (Å²) >= 11 is 6.25. The minimum absolute atomic E-state index is 0.0712. The number of aromatic nitrogens is 1. The molecule has 1 aromatic heterocycles. The number of benzene rings is 1. The monoisotopic (exact) mass is 319 g/mol. The van der Waals surface area contributed by atoms with Gasteiger partial charge in [0.15, 0.2) is 0 Å². The van der Waals surface area contributed by atoms with Gasteiger partial charge in [0.25, 0.3) is 0 Å². The van der Waals surface area contributed by atoms with Crippen LogP contribution in [0.2, 0.25) is 5.02 Å². The SMILES string of the molecule is CC(C)Oc1ccc(-c2cc(C3CCC(=O)C3)on2)cc1Cl. The van der Waals surface area contributed by atoms with Crippen molar-refractivity contribution in [3.05, 3.63) is 35.0 Å². The Labute approximate surface area is 134 Å². The lowest BCUT2D eigenvalue weighted by atomic mass is 10.0. The Bertz CT molecular complexity index is 693. The standard InChI is InChI=1S/C17H18ClNO3/c1-10(2)21-16-6-4-11(8-14(16)18)15-9-17(22-19-15)12-3-5-13(20)7-12/h4,6,8-10,12H,3,5,7H2,1-2H3. The van der Waals surface area contributed by atoms with Gasteiger partial charge in [-0.3, -0.25) is 4.79 Å². The van der Waals surface area contributed by atoms with Crippen LogP contribution in [0.5, 0.6) is 5.75 Å². The number of carbonyl (C=O) groups excluding carboxylic acids is 1. The molecule has 1 unspecified atom stereocenters. The third-order valence-corrected chi connectivity index (χ3v) is 4.06. The van der Waals surface area contributed by atoms with Gasteiger partial charge in [-0.1, -0.05) is 16.8 Å². The number of rotatable bonds is 4. The van der Waals surface area contributed by atoms with Gasteiger partial charge in [-0.25, -0.2) is 0 Å². The van der Waals surface area contributed by atoms with E-state index in [2.05, 4.69) is 5.16 Å². The molecule has 3 rings (SSSR count). The van der Waals surface area contributed by atoms with Crippen molar-refractivity contribution in [1.82, 2.24) is 5.16 Å². The summed E-state index contributed by atoms with van der Waals surface area (Å²) in [5.41, 5.74) is 1.60. The molecule has 0 radical (unpaired) electrons. The predicted molar refractivity (Wildman–Crippen MR) is 84.3 cm³/mol. The lowest BCUT2D eigenvalue weighted by Crippen LogP contribution is -2.05. The van der Waals surface area contributed by atoms with Crippen molar-refractivity contribution in [3.63, 3.8) is 0 Å². The van der Waals surface area contributed by atoms with Crippen LogP contribution in [-0.4, -0.2) is 17.0 Å². The zero-order valence-corrected chi connectivity index (χ0v) is 13.4. The molecule has 22 heavy (non-hydrogen) atoms. The third-order valence-electron chi connectivity index (χ3n) is 3.77. The summed E-state index contributed by atoms with van der Waals surface area (Å²) in [6, 6.07) is 7.47. The Morgan fingerprint density at radius 3 is 2.82 bits per heavy atom. The number of ether oxygens (including phenoxy) is 1. The summed E-state index contributed by atoms with van der Waals surface area (Å²) in [6.45, 7) is 3.91. The van der Waals surface area contributed by atoms with Gasteiger partial charge >= 0.3 is 0 Å². The highest BCUT2D eigenvalue weighted by atomic mass is 35.5. The average molecular weight is 320 g/mol. The van der Waals surface area contributed by atoms with E-state index in [-0.39, 0.29) is 12.0 Å². The van der Waals surface area contributed by atoms with Crippen molar-refractivity contribution < 1.29 is 14.1 Å². The molecule has 0 spiro atoms. The fourth-order valence-electron chi connectivity index (χ4n) is 2.68. The molecule has 0 saturated heterocycles. The van der Waals surface area contributed by atoms with Crippen LogP contribution < -0.4 is 4.74 Å². The maximum absolute atomic E-state index is 11.4. The molecule has 0 bridgehead atoms. The summed E-state index contributed by atoms with van der Waals surface area (Å²) in [6.07, 6.45) is 2.10. The zero-order chi connectivity index (χ0) is 15.7. The van der Waals surface area contributed by atoms with Gasteiger partial charge in [-0.05, 0) is 38.5 Å². The van der Waals surface area contributed by atoms with E-state index in [1.54, 1.807) is 0 Å². The van der Waals surface area contributed by atoms with Crippen LogP contribution in [0.3, 0.4) is 0 Å². The molecule has 116 valence electrons. The number of hydrogen-bond acceptors (Lipinski definition) is 4. The van der Waals surface area contributed by atoms with Crippen LogP contribution in [0.1, 0.15) is 44.8 Å². The van der Waals surface area contributed by atoms with E-state index in [1.807, 2.05) is 38.1 Å². The van der Waals surface area contributed by atoms with Crippen LogP contribution in [0.25, 0.3) is 11.3 Å². The maximum Gasteiger partial charge on any atom is 0.140 e. The molecular formula is C17H18ClNO3. The molecule has 4 nitrogen and oxygen atoms in total. The molecule has 0 aliphatic heterocycles. The summed E-state index contributed by atoms with van der Waals surface area (Å²) < 4.78 is 11.0. The maximum atomic E-state index is 11.4. The van der Waals surface area contributed by atoms with Crippen LogP contribution in [-0.2, 0) is 4.79 Å². The Morgan fingerprint density at radius 2 is 2.18 bits per heavy atom. The minimum Gasteiger partial charge on any atom is -0.489 e. The normalized spacial score (nSPS) is 18.2. The summed E-state index contributed by atoms with van der Waals surface area (Å²) in [4.78, 5) is 11.4. The number of hydrogen-bond donors (Lipinski definition) is 0. The van der Waals surface area contributed by atoms with Gasteiger partial charge in [0.2, 0.25) is 0 Å². The van der Waals surface area contributed by atoms with Gasteiger partial charge in [0.05, 0.1) is 11.1 Å². The lowest BCUT2D eigenvalue weighted by Gasteiger charge is -2.11. The molecule has 2 aromatic rings. The summed E-state index contributed by atoms with van der Waals surface area (Å²) in [5.74, 6) is 1.89. The predicted octanol–water partition coefficient (Wildman–Crippen LogP) is 4.62. The molecule has 0 N–H and O–H groups in total. The average Bonchev–Trinajstić information content (AvgIpc) is 3.09. The molecule has 0 amide bonds. The second-order valence-electron chi connectivity index (χ2n) is 5.90. The second-order valence-corrected chi connectivity index (χ2v) is 6.31. The van der Waals surface area contributed by atoms with Crippen LogP contribution >= 0.6 is 11.6 Å². The number of halogens is 1. The van der Waals surface area contributed by atoms with E-state index in [4.69, 9.17) is 20.9 Å². The largest absolute Gasteiger partial charge is 0.489 e. The molecule has 1 aliphatic carbocycles. The van der Waals surface area contributed by atoms with E-state index in [0.29, 0.717) is 29.4 Å². The summed E-state index contributed by atoms with van der Waals surface area (Å²) in [5, 5.41) is 4.65. The van der Waals surface area contributed by atoms with E-state index >= 15 is 0 Å². The smallest absolute Gasteiger partial charge is 0.140 e. The highest BCUT2D eigenvalue weighted by Crippen LogP contribution is 2.35. The molecular weight excluding hydrogens is 302 g/mol. The van der Waals surface area contributed by atoms with Crippen molar-refractivity contribution in [1.29, 1.82) is 0 Å². The highest BCUT2D eigenvalue weighted by Gasteiger charge is 2.27. The Hall–Kier alpha value is -1.81. The van der Waals surface area contributed by atoms with Gasteiger partial charge in [-0.2, -0.15) is 0 Å². The van der Waals surface area contributed by atoms with Crippen LogP contribution in [0.4, 0.5) is 0 Å². The topological polar surface area (TPSA) is 52.3 Å². The van der Waals surface area contributed by atoms with E-state index < -0.39 is 0 Å². The Morgan fingerprint density at radius 1 is 1.36 bits per heavy atom. The van der Waals surface area contributed by atoms with Crippen molar-refractivity contribution in [3.8, 4) is 17.0 Å². The Kier molecular flexibility index (Phi) is 4.21. The van der Waals surface area contributed by atoms with Crippen molar-refractivity contribution in [2.75, 3.05) is 0 Å². The first-order valence-corrected chi connectivity index (χ1v) is 7.85. The van der Waals surface area contributed by atoms with Crippen molar-refractivity contribution in [2.24, 2.45) is 0 Å². The van der Waals surface area contributed by atoms with Gasteiger partial charge in [-0.15, -0.1) is 0 Å². The number of Topliss-reactive ketones (excluding diaryl/α,β-unsaturated/α-hetero) is 1. The van der Waals surface area contributed by atoms with Crippen LogP contribution in [0, 0.1) is 0 Å². The number of carbonyl (C=O) groups is 1.